The summed E-state index contributed by atoms with van der Waals surface area (Å²) < 4.78 is 37.2. The molecule has 0 radical (unpaired) electrons. The van der Waals surface area contributed by atoms with Crippen LogP contribution in [0.2, 0.25) is 0 Å². The van der Waals surface area contributed by atoms with E-state index in [0.29, 0.717) is 13.1 Å². The van der Waals surface area contributed by atoms with Crippen molar-refractivity contribution in [3.05, 3.63) is 18.1 Å². The zero-order valence-corrected chi connectivity index (χ0v) is 10.9. The SMILES string of the molecule is Cl.Cl.N[C@@H]1CCN(c2cc(C(F)(F)F)ncn2)C1. The molecule has 0 aromatic carbocycles. The van der Waals surface area contributed by atoms with E-state index in [1.54, 1.807) is 4.90 Å². The molecule has 2 rings (SSSR count). The van der Waals surface area contributed by atoms with Crippen LogP contribution in [0.1, 0.15) is 12.1 Å². The molecule has 1 aliphatic heterocycles. The Morgan fingerprint density at radius 2 is 1.94 bits per heavy atom. The lowest BCUT2D eigenvalue weighted by Crippen LogP contribution is -2.27. The van der Waals surface area contributed by atoms with Crippen LogP contribution < -0.4 is 10.6 Å². The minimum atomic E-state index is -4.43. The highest BCUT2D eigenvalue weighted by Crippen LogP contribution is 2.29. The minimum absolute atomic E-state index is 0. The van der Waals surface area contributed by atoms with E-state index < -0.39 is 11.9 Å². The average molecular weight is 305 g/mol. The Morgan fingerprint density at radius 1 is 1.28 bits per heavy atom. The van der Waals surface area contributed by atoms with Crippen LogP contribution in [0, 0.1) is 0 Å². The summed E-state index contributed by atoms with van der Waals surface area (Å²) in [5, 5.41) is 0. The topological polar surface area (TPSA) is 55.0 Å². The first kappa shape index (κ1) is 17.2. The smallest absolute Gasteiger partial charge is 0.355 e. The summed E-state index contributed by atoms with van der Waals surface area (Å²) in [6, 6.07) is 0.960. The standard InChI is InChI=1S/C9H11F3N4.2ClH/c10-9(11,12)7-3-8(15-5-14-7)16-2-1-6(13)4-16;;/h3,5-6H,1-2,4,13H2;2*1H/t6-;;/m1../s1. The molecule has 0 amide bonds. The van der Waals surface area contributed by atoms with Gasteiger partial charge in [0.1, 0.15) is 17.8 Å². The van der Waals surface area contributed by atoms with Gasteiger partial charge in [0.05, 0.1) is 0 Å². The van der Waals surface area contributed by atoms with E-state index in [0.717, 1.165) is 18.8 Å². The maximum absolute atomic E-state index is 12.4. The summed E-state index contributed by atoms with van der Waals surface area (Å²) in [4.78, 5) is 8.77. The fourth-order valence-electron chi connectivity index (χ4n) is 1.67. The van der Waals surface area contributed by atoms with Crippen LogP contribution >= 0.6 is 24.8 Å². The normalized spacial score (nSPS) is 19.1. The number of hydrogen-bond acceptors (Lipinski definition) is 4. The van der Waals surface area contributed by atoms with E-state index in [4.69, 9.17) is 5.73 Å². The molecule has 0 aliphatic carbocycles. The second kappa shape index (κ2) is 6.40. The van der Waals surface area contributed by atoms with Crippen molar-refractivity contribution in [3.8, 4) is 0 Å². The number of rotatable bonds is 1. The summed E-state index contributed by atoms with van der Waals surface area (Å²) in [6.45, 7) is 1.17. The molecule has 1 aromatic rings. The molecule has 0 unspecified atom stereocenters. The highest BCUT2D eigenvalue weighted by atomic mass is 35.5. The maximum atomic E-state index is 12.4. The summed E-state index contributed by atoms with van der Waals surface area (Å²) in [7, 11) is 0. The third-order valence-electron chi connectivity index (χ3n) is 2.49. The van der Waals surface area contributed by atoms with E-state index in [9.17, 15) is 13.2 Å². The summed E-state index contributed by atoms with van der Waals surface area (Å²) in [5.41, 5.74) is 4.76. The monoisotopic (exact) mass is 304 g/mol. The van der Waals surface area contributed by atoms with Gasteiger partial charge in [0.25, 0.3) is 0 Å². The van der Waals surface area contributed by atoms with Crippen LogP contribution in [0.15, 0.2) is 12.4 Å². The second-order valence-corrected chi connectivity index (χ2v) is 3.75. The van der Waals surface area contributed by atoms with Gasteiger partial charge < -0.3 is 10.6 Å². The van der Waals surface area contributed by atoms with Crippen LogP contribution in [-0.4, -0.2) is 29.1 Å². The van der Waals surface area contributed by atoms with Gasteiger partial charge in [-0.3, -0.25) is 0 Å². The third-order valence-corrected chi connectivity index (χ3v) is 2.49. The van der Waals surface area contributed by atoms with Gasteiger partial charge >= 0.3 is 6.18 Å². The number of nitrogens with zero attached hydrogens (tertiary/aromatic N) is 3. The molecule has 1 aromatic heterocycles. The van der Waals surface area contributed by atoms with Crippen LogP contribution in [0.5, 0.6) is 0 Å². The first-order valence-corrected chi connectivity index (χ1v) is 4.86. The number of halogens is 5. The van der Waals surface area contributed by atoms with Crippen LogP contribution in [0.25, 0.3) is 0 Å². The summed E-state index contributed by atoms with van der Waals surface area (Å²) >= 11 is 0. The molecule has 0 spiro atoms. The quantitative estimate of drug-likeness (QED) is 0.861. The lowest BCUT2D eigenvalue weighted by molar-refractivity contribution is -0.141. The Balaban J connectivity index is 0.00000144. The highest BCUT2D eigenvalue weighted by molar-refractivity contribution is 5.85. The van der Waals surface area contributed by atoms with Crippen LogP contribution in [0.3, 0.4) is 0 Å². The molecular weight excluding hydrogens is 292 g/mol. The van der Waals surface area contributed by atoms with Gasteiger partial charge in [0.2, 0.25) is 0 Å². The fraction of sp³-hybridized carbons (Fsp3) is 0.556. The van der Waals surface area contributed by atoms with Crippen molar-refractivity contribution in [2.45, 2.75) is 18.6 Å². The Bertz CT molecular complexity index is 388. The molecule has 1 saturated heterocycles. The van der Waals surface area contributed by atoms with Crippen molar-refractivity contribution in [1.29, 1.82) is 0 Å². The molecule has 0 bridgehead atoms. The maximum Gasteiger partial charge on any atom is 0.433 e. The first-order chi connectivity index (χ1) is 7.47. The molecule has 104 valence electrons. The first-order valence-electron chi connectivity index (χ1n) is 4.86. The zero-order valence-electron chi connectivity index (χ0n) is 9.22. The van der Waals surface area contributed by atoms with Crippen molar-refractivity contribution in [2.75, 3.05) is 18.0 Å². The average Bonchev–Trinajstić information content (AvgIpc) is 2.64. The molecule has 18 heavy (non-hydrogen) atoms. The van der Waals surface area contributed by atoms with Gasteiger partial charge in [-0.05, 0) is 6.42 Å². The molecular formula is C9H13Cl2F3N4. The van der Waals surface area contributed by atoms with Crippen LogP contribution in [-0.2, 0) is 6.18 Å². The predicted molar refractivity (Wildman–Crippen MR) is 66.3 cm³/mol. The third kappa shape index (κ3) is 3.86. The van der Waals surface area contributed by atoms with Gasteiger partial charge in [0, 0.05) is 25.2 Å². The van der Waals surface area contributed by atoms with Gasteiger partial charge in [-0.1, -0.05) is 0 Å². The Labute approximate surface area is 115 Å². The number of alkyl halides is 3. The molecule has 9 heteroatoms. The van der Waals surface area contributed by atoms with E-state index in [2.05, 4.69) is 9.97 Å². The molecule has 2 N–H and O–H groups in total. The molecule has 1 atom stereocenters. The fourth-order valence-corrected chi connectivity index (χ4v) is 1.67. The Hall–Kier alpha value is -0.790. The highest BCUT2D eigenvalue weighted by Gasteiger charge is 2.33. The van der Waals surface area contributed by atoms with Gasteiger partial charge in [-0.15, -0.1) is 24.8 Å². The summed E-state index contributed by atoms with van der Waals surface area (Å²) in [6.07, 6.45) is -2.73. The molecule has 1 aliphatic rings. The van der Waals surface area contributed by atoms with Crippen LogP contribution in [0.4, 0.5) is 19.0 Å². The lowest BCUT2D eigenvalue weighted by Gasteiger charge is -2.17. The summed E-state index contributed by atoms with van der Waals surface area (Å²) in [5.74, 6) is 0.287. The molecule has 0 saturated carbocycles. The van der Waals surface area contributed by atoms with E-state index >= 15 is 0 Å². The Kier molecular flexibility index (Phi) is 6.12. The number of hydrogen-bond donors (Lipinski definition) is 1. The Morgan fingerprint density at radius 3 is 2.44 bits per heavy atom. The van der Waals surface area contributed by atoms with Crippen molar-refractivity contribution < 1.29 is 13.2 Å². The van der Waals surface area contributed by atoms with Crippen molar-refractivity contribution in [2.24, 2.45) is 5.73 Å². The van der Waals surface area contributed by atoms with Gasteiger partial charge in [-0.25, -0.2) is 9.97 Å². The van der Waals surface area contributed by atoms with Crippen molar-refractivity contribution in [1.82, 2.24) is 9.97 Å². The lowest BCUT2D eigenvalue weighted by atomic mass is 10.3. The number of nitrogens with two attached hydrogens (primary N) is 1. The second-order valence-electron chi connectivity index (χ2n) is 3.75. The predicted octanol–water partition coefficient (Wildman–Crippen LogP) is 1.88. The van der Waals surface area contributed by atoms with E-state index in [1.807, 2.05) is 0 Å². The van der Waals surface area contributed by atoms with Gasteiger partial charge in [-0.2, -0.15) is 13.2 Å². The minimum Gasteiger partial charge on any atom is -0.355 e. The number of anilines is 1. The van der Waals surface area contributed by atoms with E-state index in [-0.39, 0.29) is 36.7 Å². The number of aromatic nitrogens is 2. The zero-order chi connectivity index (χ0) is 11.8. The van der Waals surface area contributed by atoms with Gasteiger partial charge in [0.15, 0.2) is 0 Å². The molecule has 1 fully saturated rings. The molecule has 4 nitrogen and oxygen atoms in total. The van der Waals surface area contributed by atoms with Crippen molar-refractivity contribution in [3.63, 3.8) is 0 Å². The molecule has 2 heterocycles. The largest absolute Gasteiger partial charge is 0.433 e. The van der Waals surface area contributed by atoms with E-state index in [1.165, 1.54) is 0 Å². The van der Waals surface area contributed by atoms with Crippen molar-refractivity contribution >= 4 is 30.6 Å².